The van der Waals surface area contributed by atoms with Crippen molar-refractivity contribution in [1.82, 2.24) is 4.90 Å². The van der Waals surface area contributed by atoms with Gasteiger partial charge in [0.15, 0.2) is 5.17 Å². The third-order valence-electron chi connectivity index (χ3n) is 3.59. The second-order valence-electron chi connectivity index (χ2n) is 4.98. The monoisotopic (exact) mass is 291 g/mol. The average Bonchev–Trinajstić information content (AvgIpc) is 2.80. The highest BCUT2D eigenvalue weighted by Crippen LogP contribution is 2.27. The third-order valence-corrected chi connectivity index (χ3v) is 4.76. The van der Waals surface area contributed by atoms with Crippen molar-refractivity contribution in [3.8, 4) is 0 Å². The minimum Gasteiger partial charge on any atom is -0.465 e. The molecule has 1 unspecified atom stereocenters. The van der Waals surface area contributed by atoms with Gasteiger partial charge in [0.05, 0.1) is 0 Å². The normalized spacial score (nSPS) is 21.7. The van der Waals surface area contributed by atoms with E-state index in [0.29, 0.717) is 18.3 Å². The molecule has 20 heavy (non-hydrogen) atoms. The molecule has 0 saturated carbocycles. The molecule has 2 aliphatic rings. The molecular weight excluding hydrogens is 274 g/mol. The highest BCUT2D eigenvalue weighted by atomic mass is 32.2. The first-order valence-electron chi connectivity index (χ1n) is 6.76. The Morgan fingerprint density at radius 2 is 2.30 bits per heavy atom. The molecule has 6 heteroatoms. The molecule has 1 saturated heterocycles. The highest BCUT2D eigenvalue weighted by molar-refractivity contribution is 8.14. The number of carbonyl (C=O) groups is 1. The number of amides is 1. The molecule has 3 rings (SSSR count). The van der Waals surface area contributed by atoms with E-state index in [1.54, 1.807) is 11.8 Å². The van der Waals surface area contributed by atoms with Gasteiger partial charge in [0.25, 0.3) is 0 Å². The standard InChI is InChI=1S/C14H17N3O2S/c18-14(19)17-8-6-11(9-17)20-13-15-7-5-10-3-1-2-4-12(10)16-13/h1-4,11H,5-9H2,(H,15,16)(H,18,19). The van der Waals surface area contributed by atoms with Crippen molar-refractivity contribution >= 4 is 28.7 Å². The van der Waals surface area contributed by atoms with Gasteiger partial charge in [0.2, 0.25) is 0 Å². The number of rotatable bonds is 1. The van der Waals surface area contributed by atoms with Crippen LogP contribution < -0.4 is 5.32 Å². The Kier molecular flexibility index (Phi) is 3.82. The van der Waals surface area contributed by atoms with Crippen LogP contribution in [0.3, 0.4) is 0 Å². The van der Waals surface area contributed by atoms with E-state index in [1.165, 1.54) is 10.5 Å². The SMILES string of the molecule is O=C(O)N1CCC(SC2=NCCc3ccccc3N2)C1. The molecule has 0 bridgehead atoms. The number of likely N-dealkylation sites (tertiary alicyclic amines) is 1. The highest BCUT2D eigenvalue weighted by Gasteiger charge is 2.27. The summed E-state index contributed by atoms with van der Waals surface area (Å²) in [6, 6.07) is 8.24. The Balaban J connectivity index is 1.64. The number of carboxylic acid groups (broad SMARTS) is 1. The van der Waals surface area contributed by atoms with Gasteiger partial charge in [-0.05, 0) is 24.5 Å². The van der Waals surface area contributed by atoms with E-state index in [4.69, 9.17) is 5.11 Å². The smallest absolute Gasteiger partial charge is 0.407 e. The molecule has 1 atom stereocenters. The second-order valence-corrected chi connectivity index (χ2v) is 6.27. The van der Waals surface area contributed by atoms with E-state index >= 15 is 0 Å². The van der Waals surface area contributed by atoms with Crippen molar-refractivity contribution < 1.29 is 9.90 Å². The molecule has 0 spiro atoms. The summed E-state index contributed by atoms with van der Waals surface area (Å²) < 4.78 is 0. The molecule has 1 aromatic rings. The molecule has 0 radical (unpaired) electrons. The largest absolute Gasteiger partial charge is 0.465 e. The summed E-state index contributed by atoms with van der Waals surface area (Å²) in [4.78, 5) is 17.0. The summed E-state index contributed by atoms with van der Waals surface area (Å²) in [6.07, 6.45) is 1.01. The summed E-state index contributed by atoms with van der Waals surface area (Å²) >= 11 is 1.66. The number of amidine groups is 1. The minimum atomic E-state index is -0.825. The van der Waals surface area contributed by atoms with Gasteiger partial charge in [0.1, 0.15) is 0 Å². The van der Waals surface area contributed by atoms with E-state index in [9.17, 15) is 4.79 Å². The van der Waals surface area contributed by atoms with Gasteiger partial charge in [-0.2, -0.15) is 0 Å². The predicted molar refractivity (Wildman–Crippen MR) is 81.7 cm³/mol. The maximum Gasteiger partial charge on any atom is 0.407 e. The van der Waals surface area contributed by atoms with E-state index in [1.807, 2.05) is 12.1 Å². The Labute approximate surface area is 122 Å². The number of anilines is 1. The summed E-state index contributed by atoms with van der Waals surface area (Å²) in [5, 5.41) is 13.6. The topological polar surface area (TPSA) is 64.9 Å². The molecule has 106 valence electrons. The van der Waals surface area contributed by atoms with Crippen LogP contribution in [0.25, 0.3) is 0 Å². The number of hydrogen-bond acceptors (Lipinski definition) is 4. The van der Waals surface area contributed by atoms with Gasteiger partial charge in [-0.25, -0.2) is 4.79 Å². The number of nitrogens with one attached hydrogen (secondary N) is 1. The minimum absolute atomic E-state index is 0.294. The zero-order valence-electron chi connectivity index (χ0n) is 11.1. The Morgan fingerprint density at radius 3 is 3.10 bits per heavy atom. The number of hydrogen-bond donors (Lipinski definition) is 2. The van der Waals surface area contributed by atoms with Crippen LogP contribution >= 0.6 is 11.8 Å². The first-order valence-corrected chi connectivity index (χ1v) is 7.64. The average molecular weight is 291 g/mol. The summed E-state index contributed by atoms with van der Waals surface area (Å²) in [5.74, 6) is 0. The van der Waals surface area contributed by atoms with Crippen molar-refractivity contribution in [2.75, 3.05) is 25.0 Å². The van der Waals surface area contributed by atoms with Gasteiger partial charge in [-0.15, -0.1) is 0 Å². The lowest BCUT2D eigenvalue weighted by molar-refractivity contribution is 0.156. The van der Waals surface area contributed by atoms with Gasteiger partial charge in [0, 0.05) is 30.6 Å². The fourth-order valence-corrected chi connectivity index (χ4v) is 3.64. The van der Waals surface area contributed by atoms with Crippen LogP contribution in [0.5, 0.6) is 0 Å². The lowest BCUT2D eigenvalue weighted by Crippen LogP contribution is -2.27. The van der Waals surface area contributed by atoms with Crippen LogP contribution in [0.15, 0.2) is 29.3 Å². The molecule has 2 N–H and O–H groups in total. The third kappa shape index (κ3) is 2.90. The van der Waals surface area contributed by atoms with E-state index in [0.717, 1.165) is 30.2 Å². The van der Waals surface area contributed by atoms with Crippen LogP contribution in [0.4, 0.5) is 10.5 Å². The van der Waals surface area contributed by atoms with Crippen molar-refractivity contribution in [2.24, 2.45) is 4.99 Å². The second kappa shape index (κ2) is 5.75. The van der Waals surface area contributed by atoms with Crippen molar-refractivity contribution in [2.45, 2.75) is 18.1 Å². The predicted octanol–water partition coefficient (Wildman–Crippen LogP) is 2.50. The van der Waals surface area contributed by atoms with Gasteiger partial charge < -0.3 is 15.3 Å². The van der Waals surface area contributed by atoms with Gasteiger partial charge >= 0.3 is 6.09 Å². The Bertz CT molecular complexity index is 547. The molecular formula is C14H17N3O2S. The summed E-state index contributed by atoms with van der Waals surface area (Å²) in [6.45, 7) is 1.99. The number of benzene rings is 1. The number of thioether (sulfide) groups is 1. The number of nitrogens with zero attached hydrogens (tertiary/aromatic N) is 2. The van der Waals surface area contributed by atoms with Crippen LogP contribution in [-0.2, 0) is 6.42 Å². The van der Waals surface area contributed by atoms with E-state index in [2.05, 4.69) is 22.4 Å². The lowest BCUT2D eigenvalue weighted by Gasteiger charge is -2.14. The first kappa shape index (κ1) is 13.3. The van der Waals surface area contributed by atoms with Crippen molar-refractivity contribution in [1.29, 1.82) is 0 Å². The van der Waals surface area contributed by atoms with Crippen LogP contribution in [0, 0.1) is 0 Å². The number of aliphatic imine (C=N–C) groups is 1. The van der Waals surface area contributed by atoms with Gasteiger partial charge in [-0.3, -0.25) is 4.99 Å². The Hall–Kier alpha value is -1.69. The van der Waals surface area contributed by atoms with Crippen molar-refractivity contribution in [3.63, 3.8) is 0 Å². The maximum atomic E-state index is 10.9. The van der Waals surface area contributed by atoms with Crippen LogP contribution in [0.2, 0.25) is 0 Å². The quantitative estimate of drug-likeness (QED) is 0.834. The molecule has 0 aromatic heterocycles. The molecule has 2 heterocycles. The fourth-order valence-electron chi connectivity index (χ4n) is 2.52. The first-order chi connectivity index (χ1) is 9.72. The van der Waals surface area contributed by atoms with E-state index < -0.39 is 6.09 Å². The maximum absolute atomic E-state index is 10.9. The van der Waals surface area contributed by atoms with Gasteiger partial charge in [-0.1, -0.05) is 30.0 Å². The zero-order chi connectivity index (χ0) is 13.9. The van der Waals surface area contributed by atoms with E-state index in [-0.39, 0.29) is 0 Å². The number of para-hydroxylation sites is 1. The van der Waals surface area contributed by atoms with Crippen LogP contribution in [-0.4, -0.2) is 46.2 Å². The fraction of sp³-hybridized carbons (Fsp3) is 0.429. The summed E-state index contributed by atoms with van der Waals surface area (Å²) in [7, 11) is 0. The summed E-state index contributed by atoms with van der Waals surface area (Å²) in [5.41, 5.74) is 2.40. The molecule has 1 fully saturated rings. The molecule has 1 aromatic carbocycles. The molecule has 1 amide bonds. The molecule has 5 nitrogen and oxygen atoms in total. The van der Waals surface area contributed by atoms with Crippen LogP contribution in [0.1, 0.15) is 12.0 Å². The Morgan fingerprint density at radius 1 is 1.45 bits per heavy atom. The molecule has 2 aliphatic heterocycles. The number of fused-ring (bicyclic) bond motifs is 1. The zero-order valence-corrected chi connectivity index (χ0v) is 11.9. The van der Waals surface area contributed by atoms with Crippen molar-refractivity contribution in [3.05, 3.63) is 29.8 Å². The molecule has 0 aliphatic carbocycles. The lowest BCUT2D eigenvalue weighted by atomic mass is 10.1.